The van der Waals surface area contributed by atoms with E-state index in [0.29, 0.717) is 12.3 Å². The molecule has 0 saturated carbocycles. The topological polar surface area (TPSA) is 60.0 Å². The minimum Gasteiger partial charge on any atom is -0.497 e. The largest absolute Gasteiger partial charge is 0.497 e. The van der Waals surface area contributed by atoms with Crippen LogP contribution in [0, 0.1) is 0 Å². The summed E-state index contributed by atoms with van der Waals surface area (Å²) in [5.41, 5.74) is 0. The molecule has 118 valence electrons. The first-order valence-electron chi connectivity index (χ1n) is 7.55. The zero-order valence-corrected chi connectivity index (χ0v) is 12.6. The van der Waals surface area contributed by atoms with Gasteiger partial charge in [0.15, 0.2) is 0 Å². The van der Waals surface area contributed by atoms with Crippen LogP contribution in [0.3, 0.4) is 0 Å². The van der Waals surface area contributed by atoms with Gasteiger partial charge >= 0.3 is 0 Å². The number of rotatable bonds is 8. The van der Waals surface area contributed by atoms with Gasteiger partial charge in [-0.3, -0.25) is 0 Å². The summed E-state index contributed by atoms with van der Waals surface area (Å²) in [6.07, 6.45) is 3.23. The molecule has 1 heterocycles. The maximum atomic E-state index is 9.91. The Labute approximate surface area is 126 Å². The lowest BCUT2D eigenvalue weighted by Crippen LogP contribution is -2.37. The normalized spacial score (nSPS) is 20.0. The number of aliphatic hydroxyl groups excluding tert-OH is 1. The highest BCUT2D eigenvalue weighted by Gasteiger charge is 2.14. The highest BCUT2D eigenvalue weighted by atomic mass is 16.5. The molecule has 0 radical (unpaired) electrons. The average Bonchev–Trinajstić information content (AvgIpc) is 2.54. The molecule has 21 heavy (non-hydrogen) atoms. The van der Waals surface area contributed by atoms with Crippen molar-refractivity contribution < 1.29 is 19.3 Å². The minimum absolute atomic E-state index is 0.256. The number of aliphatic hydroxyl groups is 1. The Balaban J connectivity index is 1.61. The molecule has 2 atom stereocenters. The van der Waals surface area contributed by atoms with Gasteiger partial charge in [-0.05, 0) is 31.4 Å². The fourth-order valence-electron chi connectivity index (χ4n) is 2.32. The number of methoxy groups -OCH3 is 1. The van der Waals surface area contributed by atoms with E-state index in [-0.39, 0.29) is 12.7 Å². The molecule has 1 aromatic carbocycles. The molecule has 5 heteroatoms. The molecule has 0 bridgehead atoms. The maximum absolute atomic E-state index is 9.91. The summed E-state index contributed by atoms with van der Waals surface area (Å²) in [4.78, 5) is 0. The van der Waals surface area contributed by atoms with Crippen molar-refractivity contribution >= 4 is 0 Å². The van der Waals surface area contributed by atoms with Gasteiger partial charge in [0, 0.05) is 25.8 Å². The van der Waals surface area contributed by atoms with Crippen molar-refractivity contribution in [3.63, 3.8) is 0 Å². The molecule has 1 saturated heterocycles. The van der Waals surface area contributed by atoms with E-state index in [9.17, 15) is 5.11 Å². The standard InChI is InChI=1S/C16H25NO4/c1-19-14-6-4-7-15(9-14)21-12-13(18)10-17-11-16-5-2-3-8-20-16/h4,6-7,9,13,16-18H,2-3,5,8,10-12H2,1H3. The monoisotopic (exact) mass is 295 g/mol. The van der Waals surface area contributed by atoms with Gasteiger partial charge in [-0.2, -0.15) is 0 Å². The summed E-state index contributed by atoms with van der Waals surface area (Å²) in [5, 5.41) is 13.1. The smallest absolute Gasteiger partial charge is 0.123 e. The van der Waals surface area contributed by atoms with Crippen molar-refractivity contribution in [2.75, 3.05) is 33.4 Å². The molecule has 0 aliphatic carbocycles. The molecule has 1 fully saturated rings. The summed E-state index contributed by atoms with van der Waals surface area (Å²) in [6, 6.07) is 7.36. The number of ether oxygens (including phenoxy) is 3. The lowest BCUT2D eigenvalue weighted by molar-refractivity contribution is 0.0141. The van der Waals surface area contributed by atoms with Crippen LogP contribution in [0.4, 0.5) is 0 Å². The molecule has 0 amide bonds. The van der Waals surface area contributed by atoms with E-state index in [4.69, 9.17) is 14.2 Å². The van der Waals surface area contributed by atoms with Crippen LogP contribution in [0.15, 0.2) is 24.3 Å². The average molecular weight is 295 g/mol. The van der Waals surface area contributed by atoms with Gasteiger partial charge in [0.2, 0.25) is 0 Å². The molecule has 2 unspecified atom stereocenters. The van der Waals surface area contributed by atoms with Crippen molar-refractivity contribution in [1.29, 1.82) is 0 Å². The second-order valence-electron chi connectivity index (χ2n) is 5.29. The van der Waals surface area contributed by atoms with Gasteiger partial charge in [0.25, 0.3) is 0 Å². The fourth-order valence-corrected chi connectivity index (χ4v) is 2.32. The number of hydrogen-bond acceptors (Lipinski definition) is 5. The lowest BCUT2D eigenvalue weighted by Gasteiger charge is -2.23. The SMILES string of the molecule is COc1cccc(OCC(O)CNCC2CCCCO2)c1. The van der Waals surface area contributed by atoms with Gasteiger partial charge in [0.05, 0.1) is 13.2 Å². The van der Waals surface area contributed by atoms with Crippen LogP contribution < -0.4 is 14.8 Å². The molecule has 1 aromatic rings. The summed E-state index contributed by atoms with van der Waals surface area (Å²) in [7, 11) is 1.62. The van der Waals surface area contributed by atoms with E-state index < -0.39 is 6.10 Å². The van der Waals surface area contributed by atoms with E-state index in [0.717, 1.165) is 31.7 Å². The zero-order chi connectivity index (χ0) is 14.9. The van der Waals surface area contributed by atoms with Gasteiger partial charge in [-0.15, -0.1) is 0 Å². The Morgan fingerprint density at radius 1 is 1.38 bits per heavy atom. The van der Waals surface area contributed by atoms with Gasteiger partial charge < -0.3 is 24.6 Å². The first-order valence-corrected chi connectivity index (χ1v) is 7.55. The molecule has 1 aliphatic heterocycles. The summed E-state index contributed by atoms with van der Waals surface area (Å²) in [5.74, 6) is 1.44. The number of nitrogens with one attached hydrogen (secondary N) is 1. The highest BCUT2D eigenvalue weighted by Crippen LogP contribution is 2.18. The summed E-state index contributed by atoms with van der Waals surface area (Å²) in [6.45, 7) is 2.40. The second kappa shape index (κ2) is 8.87. The van der Waals surface area contributed by atoms with Crippen LogP contribution in [-0.4, -0.2) is 50.7 Å². The number of hydrogen-bond donors (Lipinski definition) is 2. The lowest BCUT2D eigenvalue weighted by atomic mass is 10.1. The van der Waals surface area contributed by atoms with Crippen LogP contribution in [0.2, 0.25) is 0 Å². The van der Waals surface area contributed by atoms with Crippen LogP contribution >= 0.6 is 0 Å². The summed E-state index contributed by atoms with van der Waals surface area (Å²) >= 11 is 0. The Hall–Kier alpha value is -1.30. The van der Waals surface area contributed by atoms with Gasteiger partial charge in [-0.25, -0.2) is 0 Å². The van der Waals surface area contributed by atoms with E-state index in [2.05, 4.69) is 5.32 Å². The van der Waals surface area contributed by atoms with Gasteiger partial charge in [-0.1, -0.05) is 6.07 Å². The van der Waals surface area contributed by atoms with Crippen molar-refractivity contribution in [2.45, 2.75) is 31.5 Å². The van der Waals surface area contributed by atoms with Crippen LogP contribution in [-0.2, 0) is 4.74 Å². The quantitative estimate of drug-likeness (QED) is 0.763. The first kappa shape index (κ1) is 16.1. The maximum Gasteiger partial charge on any atom is 0.123 e. The van der Waals surface area contributed by atoms with E-state index >= 15 is 0 Å². The molecule has 2 N–H and O–H groups in total. The number of benzene rings is 1. The Morgan fingerprint density at radius 3 is 3.00 bits per heavy atom. The van der Waals surface area contributed by atoms with Crippen LogP contribution in [0.5, 0.6) is 11.5 Å². The highest BCUT2D eigenvalue weighted by molar-refractivity contribution is 5.32. The van der Waals surface area contributed by atoms with Crippen LogP contribution in [0.1, 0.15) is 19.3 Å². The van der Waals surface area contributed by atoms with Crippen molar-refractivity contribution in [1.82, 2.24) is 5.32 Å². The predicted molar refractivity (Wildman–Crippen MR) is 81.0 cm³/mol. The third-order valence-corrected chi connectivity index (χ3v) is 3.51. The molecule has 0 spiro atoms. The zero-order valence-electron chi connectivity index (χ0n) is 12.6. The van der Waals surface area contributed by atoms with Crippen molar-refractivity contribution in [2.24, 2.45) is 0 Å². The molecule has 0 aromatic heterocycles. The molecular weight excluding hydrogens is 270 g/mol. The molecule has 5 nitrogen and oxygen atoms in total. The Bertz CT molecular complexity index is 407. The summed E-state index contributed by atoms with van der Waals surface area (Å²) < 4.78 is 16.3. The Morgan fingerprint density at radius 2 is 2.24 bits per heavy atom. The van der Waals surface area contributed by atoms with E-state index in [1.54, 1.807) is 13.2 Å². The third kappa shape index (κ3) is 5.91. The molecule has 2 rings (SSSR count). The van der Waals surface area contributed by atoms with Crippen LogP contribution in [0.25, 0.3) is 0 Å². The van der Waals surface area contributed by atoms with Gasteiger partial charge in [0.1, 0.15) is 24.2 Å². The van der Waals surface area contributed by atoms with Crippen molar-refractivity contribution in [3.05, 3.63) is 24.3 Å². The minimum atomic E-state index is -0.542. The molecule has 1 aliphatic rings. The first-order chi connectivity index (χ1) is 10.3. The fraction of sp³-hybridized carbons (Fsp3) is 0.625. The molecular formula is C16H25NO4. The predicted octanol–water partition coefficient (Wildman–Crippen LogP) is 1.59. The second-order valence-corrected chi connectivity index (χ2v) is 5.29. The van der Waals surface area contributed by atoms with E-state index in [1.807, 2.05) is 18.2 Å². The Kier molecular flexibility index (Phi) is 6.79. The van der Waals surface area contributed by atoms with E-state index in [1.165, 1.54) is 6.42 Å². The van der Waals surface area contributed by atoms with Crippen molar-refractivity contribution in [3.8, 4) is 11.5 Å². The third-order valence-electron chi connectivity index (χ3n) is 3.51.